The van der Waals surface area contributed by atoms with Crippen molar-refractivity contribution in [3.63, 3.8) is 0 Å². The highest BCUT2D eigenvalue weighted by atomic mass is 16.5. The lowest BCUT2D eigenvalue weighted by molar-refractivity contribution is 0.474. The molecule has 0 saturated carbocycles. The second kappa shape index (κ2) is 4.96. The number of rotatable bonds is 2. The first-order chi connectivity index (χ1) is 11.8. The molecular formula is C21H16N2O. The van der Waals surface area contributed by atoms with Crippen LogP contribution in [-0.4, -0.2) is 9.55 Å². The number of aryl methyl sites for hydroxylation is 1. The van der Waals surface area contributed by atoms with Gasteiger partial charge in [0.15, 0.2) is 11.5 Å². The summed E-state index contributed by atoms with van der Waals surface area (Å²) in [5.74, 6) is 2.81. The summed E-state index contributed by atoms with van der Waals surface area (Å²) in [7, 11) is 0. The summed E-state index contributed by atoms with van der Waals surface area (Å²) in [6, 6.07) is 22.8. The number of para-hydroxylation sites is 1. The Balaban J connectivity index is 1.81. The Kier molecular flexibility index (Phi) is 2.77. The van der Waals surface area contributed by atoms with Crippen molar-refractivity contribution in [2.75, 3.05) is 0 Å². The number of ether oxygens (including phenoxy) is 1. The Bertz CT molecular complexity index is 1060. The van der Waals surface area contributed by atoms with Gasteiger partial charge in [-0.25, -0.2) is 4.98 Å². The fraction of sp³-hybridized carbons (Fsp3) is 0.0952. The van der Waals surface area contributed by atoms with Crippen LogP contribution in [0.2, 0.25) is 0 Å². The van der Waals surface area contributed by atoms with Gasteiger partial charge in [-0.05, 0) is 35.4 Å². The van der Waals surface area contributed by atoms with Crippen molar-refractivity contribution < 1.29 is 4.74 Å². The van der Waals surface area contributed by atoms with Crippen molar-refractivity contribution in [3.05, 3.63) is 72.6 Å². The number of fused-ring (bicyclic) bond motifs is 2. The van der Waals surface area contributed by atoms with Gasteiger partial charge in [0.2, 0.25) is 0 Å². The first-order valence-corrected chi connectivity index (χ1v) is 8.23. The molecule has 0 aliphatic carbocycles. The average molecular weight is 312 g/mol. The smallest absolute Gasteiger partial charge is 0.153 e. The van der Waals surface area contributed by atoms with E-state index in [1.807, 2.05) is 24.3 Å². The third kappa shape index (κ3) is 1.81. The maximum absolute atomic E-state index is 6.14. The molecule has 1 aliphatic rings. The van der Waals surface area contributed by atoms with Crippen LogP contribution >= 0.6 is 0 Å². The van der Waals surface area contributed by atoms with Crippen molar-refractivity contribution in [2.45, 2.75) is 13.3 Å². The number of nitrogens with zero attached hydrogens (tertiary/aromatic N) is 2. The quantitative estimate of drug-likeness (QED) is 0.439. The molecule has 0 saturated heterocycles. The zero-order valence-corrected chi connectivity index (χ0v) is 13.4. The summed E-state index contributed by atoms with van der Waals surface area (Å²) in [4.78, 5) is 4.79. The zero-order valence-electron chi connectivity index (χ0n) is 13.4. The van der Waals surface area contributed by atoms with E-state index in [4.69, 9.17) is 9.72 Å². The van der Waals surface area contributed by atoms with E-state index in [1.54, 1.807) is 0 Å². The molecule has 0 unspecified atom stereocenters. The molecule has 3 aromatic carbocycles. The topological polar surface area (TPSA) is 27.1 Å². The minimum absolute atomic E-state index is 0.875. The monoisotopic (exact) mass is 312 g/mol. The highest BCUT2D eigenvalue weighted by Gasteiger charge is 2.23. The minimum atomic E-state index is 0.875. The highest BCUT2D eigenvalue weighted by molar-refractivity contribution is 5.88. The van der Waals surface area contributed by atoms with Gasteiger partial charge in [-0.1, -0.05) is 49.4 Å². The molecule has 1 aromatic heterocycles. The zero-order chi connectivity index (χ0) is 16.1. The molecule has 3 heteroatoms. The van der Waals surface area contributed by atoms with Crippen molar-refractivity contribution in [3.8, 4) is 28.3 Å². The van der Waals surface area contributed by atoms with Crippen molar-refractivity contribution >= 4 is 11.0 Å². The number of hydrogen-bond acceptors (Lipinski definition) is 2. The van der Waals surface area contributed by atoms with Gasteiger partial charge in [0.05, 0.1) is 11.2 Å². The fourth-order valence-electron chi connectivity index (χ4n) is 3.43. The van der Waals surface area contributed by atoms with Crippen LogP contribution in [-0.2, 0) is 6.42 Å². The fourth-order valence-corrected chi connectivity index (χ4v) is 3.43. The number of imidazole rings is 1. The predicted octanol–water partition coefficient (Wildman–Crippen LogP) is 5.36. The number of benzene rings is 3. The lowest BCUT2D eigenvalue weighted by Crippen LogP contribution is -2.07. The lowest BCUT2D eigenvalue weighted by Gasteiger charge is -2.21. The Morgan fingerprint density at radius 2 is 1.75 bits per heavy atom. The van der Waals surface area contributed by atoms with Gasteiger partial charge in [0.1, 0.15) is 11.3 Å². The molecule has 0 spiro atoms. The molecular weight excluding hydrogens is 296 g/mol. The Hall–Kier alpha value is -3.07. The van der Waals surface area contributed by atoms with Gasteiger partial charge in [0.25, 0.3) is 0 Å². The van der Waals surface area contributed by atoms with Crippen LogP contribution < -0.4 is 4.74 Å². The van der Waals surface area contributed by atoms with E-state index in [0.29, 0.717) is 0 Å². The summed E-state index contributed by atoms with van der Waals surface area (Å²) in [5.41, 5.74) is 5.50. The summed E-state index contributed by atoms with van der Waals surface area (Å²) >= 11 is 0. The molecule has 0 N–H and O–H groups in total. The molecule has 1 aliphatic heterocycles. The summed E-state index contributed by atoms with van der Waals surface area (Å²) in [6.07, 6.45) is 0.878. The average Bonchev–Trinajstić information content (AvgIpc) is 3.03. The van der Waals surface area contributed by atoms with E-state index in [2.05, 4.69) is 54.0 Å². The van der Waals surface area contributed by atoms with E-state index < -0.39 is 0 Å². The van der Waals surface area contributed by atoms with E-state index in [0.717, 1.165) is 40.5 Å². The van der Waals surface area contributed by atoms with Gasteiger partial charge in [-0.2, -0.15) is 0 Å². The van der Waals surface area contributed by atoms with Crippen molar-refractivity contribution in [1.82, 2.24) is 9.55 Å². The molecule has 0 radical (unpaired) electrons. The van der Waals surface area contributed by atoms with Gasteiger partial charge in [0, 0.05) is 6.42 Å². The second-order valence-electron chi connectivity index (χ2n) is 5.99. The van der Waals surface area contributed by atoms with E-state index in [1.165, 1.54) is 11.1 Å². The molecule has 2 heterocycles. The van der Waals surface area contributed by atoms with Gasteiger partial charge >= 0.3 is 0 Å². The molecule has 0 atom stereocenters. The van der Waals surface area contributed by atoms with E-state index in [-0.39, 0.29) is 0 Å². The van der Waals surface area contributed by atoms with Crippen LogP contribution in [0.1, 0.15) is 12.7 Å². The number of aromatic nitrogens is 2. The van der Waals surface area contributed by atoms with Crippen molar-refractivity contribution in [2.24, 2.45) is 0 Å². The number of hydrogen-bond donors (Lipinski definition) is 0. The molecule has 3 nitrogen and oxygen atoms in total. The second-order valence-corrected chi connectivity index (χ2v) is 5.99. The molecule has 24 heavy (non-hydrogen) atoms. The third-order valence-corrected chi connectivity index (χ3v) is 4.55. The van der Waals surface area contributed by atoms with E-state index in [9.17, 15) is 0 Å². The minimum Gasteiger partial charge on any atom is -0.453 e. The maximum atomic E-state index is 6.14. The van der Waals surface area contributed by atoms with Crippen LogP contribution in [0.4, 0.5) is 0 Å². The highest BCUT2D eigenvalue weighted by Crippen LogP contribution is 2.42. The van der Waals surface area contributed by atoms with Crippen LogP contribution in [0.3, 0.4) is 0 Å². The van der Waals surface area contributed by atoms with Gasteiger partial charge < -0.3 is 4.74 Å². The summed E-state index contributed by atoms with van der Waals surface area (Å²) < 4.78 is 8.38. The van der Waals surface area contributed by atoms with Gasteiger partial charge in [-0.3, -0.25) is 4.57 Å². The van der Waals surface area contributed by atoms with Crippen LogP contribution in [0.25, 0.3) is 27.8 Å². The first-order valence-electron chi connectivity index (χ1n) is 8.23. The van der Waals surface area contributed by atoms with Crippen LogP contribution in [0, 0.1) is 0 Å². The van der Waals surface area contributed by atoms with Crippen LogP contribution in [0.15, 0.2) is 66.7 Å². The molecule has 116 valence electrons. The molecule has 0 amide bonds. The SMILES string of the molecule is CCc1nc2cccc3c2n1-c1cc(-c2ccccc2)ccc1O3. The summed E-state index contributed by atoms with van der Waals surface area (Å²) in [6.45, 7) is 2.14. The Labute approximate surface area is 140 Å². The third-order valence-electron chi connectivity index (χ3n) is 4.55. The molecule has 0 fully saturated rings. The lowest BCUT2D eigenvalue weighted by atomic mass is 10.0. The Morgan fingerprint density at radius 1 is 0.875 bits per heavy atom. The Morgan fingerprint density at radius 3 is 2.58 bits per heavy atom. The molecule has 0 bridgehead atoms. The van der Waals surface area contributed by atoms with E-state index >= 15 is 0 Å². The normalized spacial score (nSPS) is 12.0. The van der Waals surface area contributed by atoms with Crippen molar-refractivity contribution in [1.29, 1.82) is 0 Å². The standard InChI is InChI=1S/C21H16N2O/c1-2-20-22-16-9-6-10-19-21(16)23(20)17-13-15(11-12-18(17)24-19)14-7-4-3-5-8-14/h3-13H,2H2,1H3. The molecule has 4 aromatic rings. The maximum Gasteiger partial charge on any atom is 0.153 e. The first kappa shape index (κ1) is 13.4. The predicted molar refractivity (Wildman–Crippen MR) is 96.0 cm³/mol. The van der Waals surface area contributed by atoms with Crippen LogP contribution in [0.5, 0.6) is 11.5 Å². The molecule has 5 rings (SSSR count). The van der Waals surface area contributed by atoms with Gasteiger partial charge in [-0.15, -0.1) is 0 Å². The largest absolute Gasteiger partial charge is 0.453 e. The summed E-state index contributed by atoms with van der Waals surface area (Å²) in [5, 5.41) is 0.